The van der Waals surface area contributed by atoms with Crippen molar-refractivity contribution in [2.24, 2.45) is 0 Å². The summed E-state index contributed by atoms with van der Waals surface area (Å²) in [6, 6.07) is 6.60. The van der Waals surface area contributed by atoms with Gasteiger partial charge in [0.25, 0.3) is 0 Å². The quantitative estimate of drug-likeness (QED) is 0.298. The first kappa shape index (κ1) is 30.1. The third-order valence-corrected chi connectivity index (χ3v) is 8.56. The van der Waals surface area contributed by atoms with E-state index in [1.807, 2.05) is 32.6 Å². The molecule has 4 aromatic rings. The molecule has 3 aromatic heterocycles. The highest BCUT2D eigenvalue weighted by Crippen LogP contribution is 2.34. The van der Waals surface area contributed by atoms with Crippen molar-refractivity contribution in [2.75, 3.05) is 30.8 Å². The number of hydrogen-bond donors (Lipinski definition) is 0. The summed E-state index contributed by atoms with van der Waals surface area (Å²) in [5.41, 5.74) is 0.826. The Morgan fingerprint density at radius 3 is 2.51 bits per heavy atom. The Morgan fingerprint density at radius 2 is 1.88 bits per heavy atom. The number of nitrogens with zero attached hydrogens (tertiary/aromatic N) is 6. The average molecular weight is 607 g/mol. The molecule has 43 heavy (non-hydrogen) atoms. The Morgan fingerprint density at radius 1 is 1.14 bits per heavy atom. The van der Waals surface area contributed by atoms with Crippen LogP contribution >= 0.6 is 0 Å². The van der Waals surface area contributed by atoms with E-state index < -0.39 is 28.1 Å². The van der Waals surface area contributed by atoms with E-state index in [9.17, 15) is 13.8 Å². The summed E-state index contributed by atoms with van der Waals surface area (Å²) < 4.78 is 44.4. The second-order valence-corrected chi connectivity index (χ2v) is 12.3. The third kappa shape index (κ3) is 5.47. The van der Waals surface area contributed by atoms with Gasteiger partial charge in [0.2, 0.25) is 5.91 Å². The van der Waals surface area contributed by atoms with Crippen LogP contribution in [-0.2, 0) is 15.6 Å². The maximum absolute atomic E-state index is 15.9. The van der Waals surface area contributed by atoms with Gasteiger partial charge in [-0.25, -0.2) is 23.1 Å². The summed E-state index contributed by atoms with van der Waals surface area (Å²) in [4.78, 5) is 43.5. The minimum absolute atomic E-state index is 0.0770. The van der Waals surface area contributed by atoms with Gasteiger partial charge in [0.1, 0.15) is 23.1 Å². The molecule has 12 heteroatoms. The fourth-order valence-electron chi connectivity index (χ4n) is 5.47. The smallest absolute Gasteiger partial charge is 0.350 e. The topological polar surface area (TPSA) is 101 Å². The lowest BCUT2D eigenvalue weighted by molar-refractivity contribution is -0.126. The van der Waals surface area contributed by atoms with Crippen LogP contribution in [0.4, 0.5) is 14.6 Å². The normalized spacial score (nSPS) is 16.1. The number of carbonyl (C=O) groups is 1. The van der Waals surface area contributed by atoms with E-state index in [0.29, 0.717) is 31.0 Å². The highest BCUT2D eigenvalue weighted by molar-refractivity contribution is 7.84. The summed E-state index contributed by atoms with van der Waals surface area (Å²) in [6.07, 6.45) is 4.33. The summed E-state index contributed by atoms with van der Waals surface area (Å²) in [5.74, 6) is -1.67. The monoisotopic (exact) mass is 606 g/mol. The molecule has 224 valence electrons. The fourth-order valence-corrected chi connectivity index (χ4v) is 6.00. The lowest BCUT2D eigenvalue weighted by Gasteiger charge is -2.40. The van der Waals surface area contributed by atoms with E-state index in [-0.39, 0.29) is 50.9 Å². The van der Waals surface area contributed by atoms with Crippen molar-refractivity contribution in [1.82, 2.24) is 24.4 Å². The SMILES string of the molecule is C=CC(=O)N1CCN(c2nc(=O)n(-c3c(C)ccnc3C(C)C)c3nc(-c4ccc(S(C)=O)cc4F)c(F)cc23)[C@@H](C)C1. The lowest BCUT2D eigenvalue weighted by atomic mass is 10.0. The Balaban J connectivity index is 1.81. The molecule has 0 radical (unpaired) electrons. The second kappa shape index (κ2) is 11.8. The number of carbonyl (C=O) groups excluding carboxylic acids is 1. The highest BCUT2D eigenvalue weighted by atomic mass is 32.2. The Labute approximate surface area is 250 Å². The molecule has 1 saturated heterocycles. The zero-order valence-corrected chi connectivity index (χ0v) is 25.4. The van der Waals surface area contributed by atoms with Gasteiger partial charge in [-0.3, -0.25) is 14.0 Å². The van der Waals surface area contributed by atoms with Gasteiger partial charge in [-0.05, 0) is 61.7 Å². The van der Waals surface area contributed by atoms with Crippen molar-refractivity contribution in [3.05, 3.63) is 82.6 Å². The van der Waals surface area contributed by atoms with E-state index >= 15 is 8.78 Å². The molecular formula is C31H32F2N6O3S. The van der Waals surface area contributed by atoms with Gasteiger partial charge in [0.15, 0.2) is 5.65 Å². The van der Waals surface area contributed by atoms with Crippen LogP contribution in [0.15, 0.2) is 58.9 Å². The molecule has 5 rings (SSSR count). The maximum Gasteiger partial charge on any atom is 0.355 e. The van der Waals surface area contributed by atoms with Crippen molar-refractivity contribution in [3.8, 4) is 16.9 Å². The number of aromatic nitrogens is 4. The van der Waals surface area contributed by atoms with E-state index in [0.717, 1.165) is 11.6 Å². The minimum atomic E-state index is -1.44. The minimum Gasteiger partial charge on any atom is -0.350 e. The first-order valence-corrected chi connectivity index (χ1v) is 15.4. The van der Waals surface area contributed by atoms with Crippen LogP contribution < -0.4 is 10.6 Å². The van der Waals surface area contributed by atoms with Gasteiger partial charge in [-0.2, -0.15) is 4.98 Å². The molecular weight excluding hydrogens is 574 g/mol. The maximum atomic E-state index is 15.9. The average Bonchev–Trinajstić information content (AvgIpc) is 2.96. The predicted molar refractivity (Wildman–Crippen MR) is 163 cm³/mol. The zero-order valence-electron chi connectivity index (χ0n) is 24.6. The number of aryl methyl sites for hydroxylation is 1. The third-order valence-electron chi connectivity index (χ3n) is 7.64. The second-order valence-electron chi connectivity index (χ2n) is 10.9. The summed E-state index contributed by atoms with van der Waals surface area (Å²) >= 11 is 0. The molecule has 0 spiro atoms. The van der Waals surface area contributed by atoms with Gasteiger partial charge in [0, 0.05) is 59.4 Å². The van der Waals surface area contributed by atoms with Gasteiger partial charge in [-0.15, -0.1) is 0 Å². The molecule has 1 unspecified atom stereocenters. The predicted octanol–water partition coefficient (Wildman–Crippen LogP) is 4.51. The molecule has 2 atom stereocenters. The number of anilines is 1. The van der Waals surface area contributed by atoms with Gasteiger partial charge < -0.3 is 9.80 Å². The molecule has 1 fully saturated rings. The van der Waals surface area contributed by atoms with Crippen LogP contribution in [-0.4, -0.2) is 66.5 Å². The molecule has 1 aliphatic heterocycles. The van der Waals surface area contributed by atoms with E-state index in [4.69, 9.17) is 0 Å². The highest BCUT2D eigenvalue weighted by Gasteiger charge is 2.30. The molecule has 0 bridgehead atoms. The molecule has 4 heterocycles. The number of benzene rings is 1. The van der Waals surface area contributed by atoms with Crippen LogP contribution in [0.1, 0.15) is 37.9 Å². The Hall–Kier alpha value is -4.32. The van der Waals surface area contributed by atoms with Crippen LogP contribution in [0, 0.1) is 18.6 Å². The van der Waals surface area contributed by atoms with Crippen molar-refractivity contribution >= 4 is 33.6 Å². The molecule has 1 aliphatic rings. The molecule has 1 amide bonds. The number of fused-ring (bicyclic) bond motifs is 1. The summed E-state index contributed by atoms with van der Waals surface area (Å²) in [6.45, 7) is 12.2. The molecule has 0 aliphatic carbocycles. The van der Waals surface area contributed by atoms with Crippen LogP contribution in [0.5, 0.6) is 0 Å². The van der Waals surface area contributed by atoms with Crippen molar-refractivity contribution in [3.63, 3.8) is 0 Å². The Bertz CT molecular complexity index is 1860. The van der Waals surface area contributed by atoms with Crippen molar-refractivity contribution in [2.45, 2.75) is 44.6 Å². The summed E-state index contributed by atoms with van der Waals surface area (Å²) in [7, 11) is -1.44. The van der Waals surface area contributed by atoms with Gasteiger partial charge >= 0.3 is 5.69 Å². The molecule has 0 saturated carbocycles. The van der Waals surface area contributed by atoms with Crippen LogP contribution in [0.25, 0.3) is 28.0 Å². The number of rotatable bonds is 6. The van der Waals surface area contributed by atoms with Crippen LogP contribution in [0.2, 0.25) is 0 Å². The van der Waals surface area contributed by atoms with E-state index in [1.54, 1.807) is 17.2 Å². The molecule has 0 N–H and O–H groups in total. The first-order valence-electron chi connectivity index (χ1n) is 13.8. The van der Waals surface area contributed by atoms with E-state index in [2.05, 4.69) is 21.5 Å². The largest absolute Gasteiger partial charge is 0.355 e. The number of pyridine rings is 2. The van der Waals surface area contributed by atoms with E-state index in [1.165, 1.54) is 35.1 Å². The Kier molecular flexibility index (Phi) is 8.24. The number of halogens is 2. The zero-order chi connectivity index (χ0) is 31.2. The van der Waals surface area contributed by atoms with Crippen LogP contribution in [0.3, 0.4) is 0 Å². The number of piperazine rings is 1. The molecule has 9 nitrogen and oxygen atoms in total. The van der Waals surface area contributed by atoms with Gasteiger partial charge in [0.05, 0.1) is 16.8 Å². The first-order chi connectivity index (χ1) is 20.4. The number of hydrogen-bond acceptors (Lipinski definition) is 7. The summed E-state index contributed by atoms with van der Waals surface area (Å²) in [5, 5.41) is 0.251. The fraction of sp³-hybridized carbons (Fsp3) is 0.323. The van der Waals surface area contributed by atoms with Crippen molar-refractivity contribution < 1.29 is 17.8 Å². The lowest BCUT2D eigenvalue weighted by Crippen LogP contribution is -2.54. The molecule has 1 aromatic carbocycles. The standard InChI is InChI=1S/C31H32F2N6O3S/c1-7-25(40)37-12-13-38(19(5)16-37)29-22-15-24(33)27(21-9-8-20(43(6)42)14-23(21)32)35-30(22)39(31(41)36-29)28-18(4)10-11-34-26(28)17(2)3/h7-11,14-15,17,19H,1,12-13,16H2,2-6H3/t19-,43?/m0/s1. The van der Waals surface area contributed by atoms with Crippen molar-refractivity contribution in [1.29, 1.82) is 0 Å². The van der Waals surface area contributed by atoms with Gasteiger partial charge in [-0.1, -0.05) is 20.4 Å². The number of amides is 1.